The van der Waals surface area contributed by atoms with Gasteiger partial charge >= 0.3 is 0 Å². The molecular formula is C10H21NO. The van der Waals surface area contributed by atoms with Gasteiger partial charge in [0.2, 0.25) is 0 Å². The fraction of sp³-hybridized carbons (Fsp3) is 1.00. The molecule has 3 atom stereocenters. The molecule has 2 nitrogen and oxygen atoms in total. The van der Waals surface area contributed by atoms with E-state index in [1.54, 1.807) is 0 Å². The van der Waals surface area contributed by atoms with Gasteiger partial charge in [-0.2, -0.15) is 0 Å². The maximum atomic E-state index is 9.65. The lowest BCUT2D eigenvalue weighted by molar-refractivity contribution is 0.0857. The Kier molecular flexibility index (Phi) is 4.02. The van der Waals surface area contributed by atoms with Crippen LogP contribution in [0.5, 0.6) is 0 Å². The van der Waals surface area contributed by atoms with Crippen molar-refractivity contribution in [2.24, 2.45) is 0 Å². The summed E-state index contributed by atoms with van der Waals surface area (Å²) < 4.78 is 0. The molecule has 0 aromatic carbocycles. The standard InChI is InChI=1S/C10H21NO/c1-3-8(2)11-9-6-4-5-7-10(9)12/h8-12H,3-7H2,1-2H3/t8-,9+,10+/m1/s1. The molecule has 0 saturated heterocycles. The van der Waals surface area contributed by atoms with Gasteiger partial charge in [0.15, 0.2) is 0 Å². The van der Waals surface area contributed by atoms with Crippen molar-refractivity contribution in [1.29, 1.82) is 0 Å². The highest BCUT2D eigenvalue weighted by molar-refractivity contribution is 4.81. The second-order valence-electron chi connectivity index (χ2n) is 3.93. The number of hydrogen-bond acceptors (Lipinski definition) is 2. The lowest BCUT2D eigenvalue weighted by Crippen LogP contribution is -2.45. The summed E-state index contributed by atoms with van der Waals surface area (Å²) in [6.45, 7) is 4.36. The Bertz CT molecular complexity index is 127. The first-order valence-electron chi connectivity index (χ1n) is 5.18. The molecule has 1 aliphatic rings. The highest BCUT2D eigenvalue weighted by atomic mass is 16.3. The first-order chi connectivity index (χ1) is 5.74. The highest BCUT2D eigenvalue weighted by Gasteiger charge is 2.23. The molecular weight excluding hydrogens is 150 g/mol. The van der Waals surface area contributed by atoms with Gasteiger partial charge in [0.25, 0.3) is 0 Å². The molecule has 1 aliphatic carbocycles. The van der Waals surface area contributed by atoms with E-state index in [2.05, 4.69) is 19.2 Å². The first-order valence-corrected chi connectivity index (χ1v) is 5.18. The Morgan fingerprint density at radius 3 is 2.67 bits per heavy atom. The molecule has 12 heavy (non-hydrogen) atoms. The molecule has 0 spiro atoms. The zero-order chi connectivity index (χ0) is 8.97. The van der Waals surface area contributed by atoms with Crippen molar-refractivity contribution in [2.75, 3.05) is 0 Å². The molecule has 1 fully saturated rings. The van der Waals surface area contributed by atoms with E-state index in [0.29, 0.717) is 12.1 Å². The van der Waals surface area contributed by atoms with Crippen LogP contribution in [0.15, 0.2) is 0 Å². The zero-order valence-electron chi connectivity index (χ0n) is 8.21. The summed E-state index contributed by atoms with van der Waals surface area (Å²) in [5.41, 5.74) is 0. The number of aliphatic hydroxyl groups is 1. The van der Waals surface area contributed by atoms with Gasteiger partial charge in [-0.05, 0) is 26.2 Å². The lowest BCUT2D eigenvalue weighted by Gasteiger charge is -2.30. The Labute approximate surface area is 75.4 Å². The number of nitrogens with one attached hydrogen (secondary N) is 1. The summed E-state index contributed by atoms with van der Waals surface area (Å²) in [5, 5.41) is 13.1. The summed E-state index contributed by atoms with van der Waals surface area (Å²) in [6.07, 6.45) is 5.63. The second kappa shape index (κ2) is 4.83. The topological polar surface area (TPSA) is 32.3 Å². The van der Waals surface area contributed by atoms with Crippen LogP contribution in [0, 0.1) is 0 Å². The van der Waals surface area contributed by atoms with Crippen LogP contribution < -0.4 is 5.32 Å². The SMILES string of the molecule is CC[C@@H](C)N[C@H]1CCCC[C@@H]1O. The molecule has 2 N–H and O–H groups in total. The van der Waals surface area contributed by atoms with Crippen LogP contribution in [-0.4, -0.2) is 23.3 Å². The fourth-order valence-corrected chi connectivity index (χ4v) is 1.79. The third-order valence-corrected chi connectivity index (χ3v) is 2.84. The smallest absolute Gasteiger partial charge is 0.0693 e. The van der Waals surface area contributed by atoms with E-state index in [-0.39, 0.29) is 6.10 Å². The van der Waals surface area contributed by atoms with Crippen LogP contribution in [0.25, 0.3) is 0 Å². The van der Waals surface area contributed by atoms with E-state index in [0.717, 1.165) is 19.3 Å². The summed E-state index contributed by atoms with van der Waals surface area (Å²) in [6, 6.07) is 0.899. The average Bonchev–Trinajstić information content (AvgIpc) is 2.09. The molecule has 72 valence electrons. The summed E-state index contributed by atoms with van der Waals surface area (Å²) in [7, 11) is 0. The minimum atomic E-state index is -0.104. The third kappa shape index (κ3) is 2.76. The summed E-state index contributed by atoms with van der Waals surface area (Å²) in [4.78, 5) is 0. The van der Waals surface area contributed by atoms with E-state index < -0.39 is 0 Å². The fourth-order valence-electron chi connectivity index (χ4n) is 1.79. The average molecular weight is 171 g/mol. The van der Waals surface area contributed by atoms with Crippen LogP contribution in [0.3, 0.4) is 0 Å². The molecule has 0 bridgehead atoms. The number of rotatable bonds is 3. The van der Waals surface area contributed by atoms with Crippen LogP contribution >= 0.6 is 0 Å². The van der Waals surface area contributed by atoms with Gasteiger partial charge in [-0.25, -0.2) is 0 Å². The molecule has 0 amide bonds. The van der Waals surface area contributed by atoms with Gasteiger partial charge in [-0.1, -0.05) is 19.8 Å². The molecule has 1 rings (SSSR count). The zero-order valence-corrected chi connectivity index (χ0v) is 8.21. The predicted octanol–water partition coefficient (Wildman–Crippen LogP) is 1.68. The quantitative estimate of drug-likeness (QED) is 0.677. The van der Waals surface area contributed by atoms with Crippen molar-refractivity contribution in [3.63, 3.8) is 0 Å². The Balaban J connectivity index is 2.28. The Morgan fingerprint density at radius 2 is 2.08 bits per heavy atom. The van der Waals surface area contributed by atoms with Crippen LogP contribution in [0.2, 0.25) is 0 Å². The van der Waals surface area contributed by atoms with Gasteiger partial charge in [-0.15, -0.1) is 0 Å². The Hall–Kier alpha value is -0.0800. The first kappa shape index (κ1) is 10.0. The van der Waals surface area contributed by atoms with E-state index in [9.17, 15) is 5.11 Å². The van der Waals surface area contributed by atoms with E-state index in [1.807, 2.05) is 0 Å². The molecule has 0 aromatic rings. The van der Waals surface area contributed by atoms with E-state index in [4.69, 9.17) is 0 Å². The van der Waals surface area contributed by atoms with Crippen LogP contribution in [0.4, 0.5) is 0 Å². The monoisotopic (exact) mass is 171 g/mol. The van der Waals surface area contributed by atoms with E-state index in [1.165, 1.54) is 12.8 Å². The molecule has 0 unspecified atom stereocenters. The van der Waals surface area contributed by atoms with Crippen molar-refractivity contribution in [3.05, 3.63) is 0 Å². The molecule has 0 radical (unpaired) electrons. The number of hydrogen-bond donors (Lipinski definition) is 2. The molecule has 1 saturated carbocycles. The lowest BCUT2D eigenvalue weighted by atomic mass is 9.92. The van der Waals surface area contributed by atoms with Crippen molar-refractivity contribution < 1.29 is 5.11 Å². The molecule has 2 heteroatoms. The van der Waals surface area contributed by atoms with Gasteiger partial charge in [0.05, 0.1) is 6.10 Å². The molecule has 0 aromatic heterocycles. The van der Waals surface area contributed by atoms with Gasteiger partial charge < -0.3 is 10.4 Å². The maximum Gasteiger partial charge on any atom is 0.0693 e. The summed E-state index contributed by atoms with van der Waals surface area (Å²) in [5.74, 6) is 0. The highest BCUT2D eigenvalue weighted by Crippen LogP contribution is 2.18. The second-order valence-corrected chi connectivity index (χ2v) is 3.93. The molecule has 0 heterocycles. The number of aliphatic hydroxyl groups excluding tert-OH is 1. The van der Waals surface area contributed by atoms with Gasteiger partial charge in [0.1, 0.15) is 0 Å². The minimum Gasteiger partial charge on any atom is -0.392 e. The van der Waals surface area contributed by atoms with Gasteiger partial charge in [-0.3, -0.25) is 0 Å². The van der Waals surface area contributed by atoms with Crippen LogP contribution in [0.1, 0.15) is 46.0 Å². The van der Waals surface area contributed by atoms with Crippen molar-refractivity contribution >= 4 is 0 Å². The summed E-state index contributed by atoms with van der Waals surface area (Å²) >= 11 is 0. The largest absolute Gasteiger partial charge is 0.392 e. The van der Waals surface area contributed by atoms with Gasteiger partial charge in [0, 0.05) is 12.1 Å². The minimum absolute atomic E-state index is 0.104. The molecule has 0 aliphatic heterocycles. The third-order valence-electron chi connectivity index (χ3n) is 2.84. The van der Waals surface area contributed by atoms with Crippen LogP contribution in [-0.2, 0) is 0 Å². The predicted molar refractivity (Wildman–Crippen MR) is 51.2 cm³/mol. The van der Waals surface area contributed by atoms with Crippen molar-refractivity contribution in [1.82, 2.24) is 5.32 Å². The maximum absolute atomic E-state index is 9.65. The van der Waals surface area contributed by atoms with E-state index >= 15 is 0 Å². The normalized spacial score (nSPS) is 33.2. The Morgan fingerprint density at radius 1 is 1.42 bits per heavy atom. The van der Waals surface area contributed by atoms with Crippen molar-refractivity contribution in [3.8, 4) is 0 Å². The van der Waals surface area contributed by atoms with Crippen molar-refractivity contribution in [2.45, 2.75) is 64.1 Å².